The molecular formula is C16H13NO6. The number of esters is 1. The maximum atomic E-state index is 12.5. The highest BCUT2D eigenvalue weighted by molar-refractivity contribution is 6.24. The van der Waals surface area contributed by atoms with Crippen molar-refractivity contribution in [3.05, 3.63) is 34.9 Å². The van der Waals surface area contributed by atoms with Crippen LogP contribution in [-0.4, -0.2) is 47.4 Å². The van der Waals surface area contributed by atoms with Gasteiger partial charge in [-0.05, 0) is 24.6 Å². The second-order valence-electron chi connectivity index (χ2n) is 5.47. The number of hydrogen-bond donors (Lipinski definition) is 0. The van der Waals surface area contributed by atoms with Gasteiger partial charge in [-0.25, -0.2) is 4.79 Å². The summed E-state index contributed by atoms with van der Waals surface area (Å²) >= 11 is 0. The van der Waals surface area contributed by atoms with Gasteiger partial charge in [0.25, 0.3) is 11.8 Å². The van der Waals surface area contributed by atoms with Crippen molar-refractivity contribution in [2.45, 2.75) is 25.3 Å². The molecule has 1 fully saturated rings. The molecule has 7 heteroatoms. The van der Waals surface area contributed by atoms with Crippen LogP contribution in [0.3, 0.4) is 0 Å². The Bertz CT molecular complexity index is 766. The van der Waals surface area contributed by atoms with E-state index in [4.69, 9.17) is 0 Å². The first kappa shape index (κ1) is 15.1. The third kappa shape index (κ3) is 2.34. The van der Waals surface area contributed by atoms with Gasteiger partial charge in [-0.15, -0.1) is 0 Å². The first-order chi connectivity index (χ1) is 10.9. The standard InChI is InChI=1S/C16H13NO6/c1-23-16(22)8-2-4-10-11(6-8)15(21)17(14(10)20)12-5-3-9(18)7-13(12)19/h2,4,6,12H,3,5,7H2,1H3. The van der Waals surface area contributed by atoms with Gasteiger partial charge in [0.15, 0.2) is 5.78 Å². The van der Waals surface area contributed by atoms with Crippen molar-refractivity contribution >= 4 is 29.4 Å². The Kier molecular flexibility index (Phi) is 3.55. The minimum Gasteiger partial charge on any atom is -0.465 e. The molecule has 0 N–H and O–H groups in total. The van der Waals surface area contributed by atoms with Crippen LogP contribution in [0.2, 0.25) is 0 Å². The zero-order valence-electron chi connectivity index (χ0n) is 12.3. The number of ketones is 2. The number of hydrogen-bond acceptors (Lipinski definition) is 6. The molecule has 1 aromatic rings. The summed E-state index contributed by atoms with van der Waals surface area (Å²) in [5.41, 5.74) is 0.370. The Labute approximate surface area is 131 Å². The highest BCUT2D eigenvalue weighted by Gasteiger charge is 2.44. The van der Waals surface area contributed by atoms with E-state index in [1.165, 1.54) is 25.3 Å². The maximum Gasteiger partial charge on any atom is 0.337 e. The predicted molar refractivity (Wildman–Crippen MR) is 75.9 cm³/mol. The molecular weight excluding hydrogens is 302 g/mol. The van der Waals surface area contributed by atoms with Gasteiger partial charge in [-0.2, -0.15) is 0 Å². The van der Waals surface area contributed by atoms with E-state index in [0.29, 0.717) is 0 Å². The number of carbonyl (C=O) groups is 5. The van der Waals surface area contributed by atoms with Gasteiger partial charge >= 0.3 is 5.97 Å². The van der Waals surface area contributed by atoms with E-state index in [1.54, 1.807) is 0 Å². The zero-order valence-corrected chi connectivity index (χ0v) is 12.3. The summed E-state index contributed by atoms with van der Waals surface area (Å²) in [4.78, 5) is 60.7. The van der Waals surface area contributed by atoms with Gasteiger partial charge in [0, 0.05) is 6.42 Å². The van der Waals surface area contributed by atoms with E-state index < -0.39 is 29.6 Å². The molecule has 118 valence electrons. The SMILES string of the molecule is COC(=O)c1ccc2c(c1)C(=O)N(C1CCC(=O)CC1=O)C2=O. The van der Waals surface area contributed by atoms with Crippen LogP contribution < -0.4 is 0 Å². The van der Waals surface area contributed by atoms with E-state index in [1.807, 2.05) is 0 Å². The first-order valence-corrected chi connectivity index (χ1v) is 7.08. The lowest BCUT2D eigenvalue weighted by Crippen LogP contribution is -2.47. The van der Waals surface area contributed by atoms with Crippen LogP contribution in [0.5, 0.6) is 0 Å². The van der Waals surface area contributed by atoms with Gasteiger partial charge < -0.3 is 4.74 Å². The Balaban J connectivity index is 1.96. The van der Waals surface area contributed by atoms with E-state index in [2.05, 4.69) is 4.74 Å². The molecule has 3 rings (SSSR count). The molecule has 1 heterocycles. The third-order valence-corrected chi connectivity index (χ3v) is 4.09. The molecule has 1 atom stereocenters. The molecule has 0 bridgehead atoms. The summed E-state index contributed by atoms with van der Waals surface area (Å²) in [6.45, 7) is 0. The Morgan fingerprint density at radius 2 is 1.83 bits per heavy atom. The topological polar surface area (TPSA) is 97.8 Å². The highest BCUT2D eigenvalue weighted by Crippen LogP contribution is 2.29. The highest BCUT2D eigenvalue weighted by atomic mass is 16.5. The van der Waals surface area contributed by atoms with E-state index in [9.17, 15) is 24.0 Å². The Hall–Kier alpha value is -2.83. The van der Waals surface area contributed by atoms with Crippen LogP contribution >= 0.6 is 0 Å². The fourth-order valence-electron chi connectivity index (χ4n) is 2.92. The second-order valence-corrected chi connectivity index (χ2v) is 5.47. The quantitative estimate of drug-likeness (QED) is 0.454. The van der Waals surface area contributed by atoms with Gasteiger partial charge in [-0.3, -0.25) is 24.1 Å². The minimum absolute atomic E-state index is 0.0719. The molecule has 2 amide bonds. The van der Waals surface area contributed by atoms with Crippen LogP contribution in [0.25, 0.3) is 0 Å². The minimum atomic E-state index is -0.915. The molecule has 2 aliphatic rings. The lowest BCUT2D eigenvalue weighted by Gasteiger charge is -2.27. The first-order valence-electron chi connectivity index (χ1n) is 7.08. The molecule has 0 spiro atoms. The molecule has 1 aliphatic carbocycles. The number of methoxy groups -OCH3 is 1. The van der Waals surface area contributed by atoms with Crippen molar-refractivity contribution in [2.75, 3.05) is 7.11 Å². The lowest BCUT2D eigenvalue weighted by molar-refractivity contribution is -0.132. The predicted octanol–water partition coefficient (Wildman–Crippen LogP) is 0.760. The van der Waals surface area contributed by atoms with Gasteiger partial charge in [0.05, 0.1) is 36.3 Å². The van der Waals surface area contributed by atoms with Crippen LogP contribution in [0.4, 0.5) is 0 Å². The summed E-state index contributed by atoms with van der Waals surface area (Å²) in [5.74, 6) is -2.43. The van der Waals surface area contributed by atoms with Crippen LogP contribution in [0, 0.1) is 0 Å². The summed E-state index contributed by atoms with van der Waals surface area (Å²) in [6.07, 6.45) is 0.0513. The summed E-state index contributed by atoms with van der Waals surface area (Å²) < 4.78 is 4.59. The van der Waals surface area contributed by atoms with Crippen LogP contribution in [-0.2, 0) is 14.3 Å². The number of nitrogens with zero attached hydrogens (tertiary/aromatic N) is 1. The molecule has 1 saturated carbocycles. The number of rotatable bonds is 2. The maximum absolute atomic E-state index is 12.5. The molecule has 0 radical (unpaired) electrons. The number of ether oxygens (including phenoxy) is 1. The molecule has 23 heavy (non-hydrogen) atoms. The smallest absolute Gasteiger partial charge is 0.337 e. The van der Waals surface area contributed by atoms with Crippen molar-refractivity contribution in [1.29, 1.82) is 0 Å². The van der Waals surface area contributed by atoms with Gasteiger partial charge in [-0.1, -0.05) is 0 Å². The lowest BCUT2D eigenvalue weighted by atomic mass is 9.92. The zero-order chi connectivity index (χ0) is 16.7. The van der Waals surface area contributed by atoms with E-state index in [0.717, 1.165) is 4.90 Å². The molecule has 1 aromatic carbocycles. The third-order valence-electron chi connectivity index (χ3n) is 4.09. The van der Waals surface area contributed by atoms with Crippen molar-refractivity contribution in [3.63, 3.8) is 0 Å². The monoisotopic (exact) mass is 315 g/mol. The van der Waals surface area contributed by atoms with Crippen molar-refractivity contribution in [2.24, 2.45) is 0 Å². The van der Waals surface area contributed by atoms with E-state index >= 15 is 0 Å². The van der Waals surface area contributed by atoms with Crippen molar-refractivity contribution in [3.8, 4) is 0 Å². The average Bonchev–Trinajstić information content (AvgIpc) is 2.78. The second kappa shape index (κ2) is 5.42. The van der Waals surface area contributed by atoms with Gasteiger partial charge in [0.2, 0.25) is 0 Å². The summed E-state index contributed by atoms with van der Waals surface area (Å²) in [7, 11) is 1.21. The number of amides is 2. The van der Waals surface area contributed by atoms with E-state index in [-0.39, 0.29) is 41.7 Å². The van der Waals surface area contributed by atoms with Crippen molar-refractivity contribution < 1.29 is 28.7 Å². The summed E-state index contributed by atoms with van der Waals surface area (Å²) in [5, 5.41) is 0. The fraction of sp³-hybridized carbons (Fsp3) is 0.312. The molecule has 1 aliphatic heterocycles. The number of Topliss-reactive ketones (excluding diaryl/α,β-unsaturated/α-hetero) is 2. The Morgan fingerprint density at radius 1 is 1.13 bits per heavy atom. The van der Waals surface area contributed by atoms with Crippen LogP contribution in [0.1, 0.15) is 50.3 Å². The normalized spacial score (nSPS) is 20.7. The summed E-state index contributed by atoms with van der Waals surface area (Å²) in [6, 6.07) is 3.15. The molecule has 1 unspecified atom stereocenters. The number of carbonyl (C=O) groups excluding carboxylic acids is 5. The van der Waals surface area contributed by atoms with Crippen LogP contribution in [0.15, 0.2) is 18.2 Å². The molecule has 0 aromatic heterocycles. The number of imide groups is 1. The number of benzene rings is 1. The molecule has 7 nitrogen and oxygen atoms in total. The Morgan fingerprint density at radius 3 is 2.48 bits per heavy atom. The van der Waals surface area contributed by atoms with Crippen molar-refractivity contribution in [1.82, 2.24) is 4.90 Å². The molecule has 0 saturated heterocycles. The number of fused-ring (bicyclic) bond motifs is 1. The van der Waals surface area contributed by atoms with Gasteiger partial charge in [0.1, 0.15) is 5.78 Å². The average molecular weight is 315 g/mol. The fourth-order valence-corrected chi connectivity index (χ4v) is 2.92. The largest absolute Gasteiger partial charge is 0.465 e.